The summed E-state index contributed by atoms with van der Waals surface area (Å²) in [5.74, 6) is -0.228. The van der Waals surface area contributed by atoms with Gasteiger partial charge in [0.1, 0.15) is 11.5 Å². The van der Waals surface area contributed by atoms with E-state index in [1.807, 2.05) is 43.3 Å². The number of Topliss-reactive ketones (excluding diaryl/α,β-unsaturated/α-hetero) is 1. The Hall–Kier alpha value is -3.12. The van der Waals surface area contributed by atoms with E-state index in [1.54, 1.807) is 11.0 Å². The maximum absolute atomic E-state index is 13.3. The second-order valence-electron chi connectivity index (χ2n) is 9.80. The van der Waals surface area contributed by atoms with E-state index >= 15 is 0 Å². The number of carbonyl (C=O) groups is 2. The number of amides is 1. The highest BCUT2D eigenvalue weighted by atomic mass is 16.5. The molecule has 6 nitrogen and oxygen atoms in total. The molecule has 3 rings (SSSR count). The molecule has 0 aromatic heterocycles. The first-order chi connectivity index (χ1) is 17.2. The second-order valence-corrected chi connectivity index (χ2v) is 9.80. The number of aryl methyl sites for hydroxylation is 2. The second kappa shape index (κ2) is 12.2. The highest BCUT2D eigenvalue weighted by molar-refractivity contribution is 6.46. The molecule has 0 radical (unpaired) electrons. The molecule has 0 bridgehead atoms. The van der Waals surface area contributed by atoms with Gasteiger partial charge in [-0.1, -0.05) is 58.9 Å². The summed E-state index contributed by atoms with van der Waals surface area (Å²) < 4.78 is 5.87. The minimum atomic E-state index is -0.644. The van der Waals surface area contributed by atoms with Crippen molar-refractivity contribution in [3.8, 4) is 5.75 Å². The molecule has 1 heterocycles. The molecule has 0 aliphatic carbocycles. The number of nitrogens with zero attached hydrogens (tertiary/aromatic N) is 2. The van der Waals surface area contributed by atoms with Crippen LogP contribution < -0.4 is 4.74 Å². The Morgan fingerprint density at radius 1 is 1.06 bits per heavy atom. The zero-order valence-corrected chi connectivity index (χ0v) is 22.5. The first kappa shape index (κ1) is 27.5. The average Bonchev–Trinajstić information content (AvgIpc) is 3.13. The number of hydrogen-bond donors (Lipinski definition) is 1. The molecule has 1 fully saturated rings. The third kappa shape index (κ3) is 5.98. The predicted octanol–water partition coefficient (Wildman–Crippen LogP) is 5.36. The van der Waals surface area contributed by atoms with Gasteiger partial charge in [0.25, 0.3) is 11.7 Å². The molecule has 0 unspecified atom stereocenters. The van der Waals surface area contributed by atoms with Crippen LogP contribution >= 0.6 is 0 Å². The summed E-state index contributed by atoms with van der Waals surface area (Å²) >= 11 is 0. The fourth-order valence-electron chi connectivity index (χ4n) is 4.55. The molecule has 1 atom stereocenters. The third-order valence-corrected chi connectivity index (χ3v) is 6.82. The summed E-state index contributed by atoms with van der Waals surface area (Å²) in [4.78, 5) is 30.3. The Balaban J connectivity index is 2.05. The lowest BCUT2D eigenvalue weighted by Crippen LogP contribution is -2.38. The highest BCUT2D eigenvalue weighted by Gasteiger charge is 2.46. The molecule has 6 heteroatoms. The van der Waals surface area contributed by atoms with E-state index in [0.717, 1.165) is 36.4 Å². The zero-order chi connectivity index (χ0) is 26.4. The first-order valence-corrected chi connectivity index (χ1v) is 13.0. The summed E-state index contributed by atoms with van der Waals surface area (Å²) in [6, 6.07) is 12.7. The summed E-state index contributed by atoms with van der Waals surface area (Å²) in [5.41, 5.74) is 3.49. The quantitative estimate of drug-likeness (QED) is 0.260. The number of benzene rings is 2. The van der Waals surface area contributed by atoms with E-state index in [2.05, 4.69) is 39.5 Å². The molecule has 0 saturated carbocycles. The number of ketones is 1. The molecule has 1 aliphatic heterocycles. The van der Waals surface area contributed by atoms with Gasteiger partial charge in [0, 0.05) is 18.7 Å². The van der Waals surface area contributed by atoms with E-state index in [9.17, 15) is 14.7 Å². The van der Waals surface area contributed by atoms with Crippen LogP contribution in [0.3, 0.4) is 0 Å². The Bertz CT molecular complexity index is 1100. The molecule has 2 aromatic carbocycles. The SMILES string of the molecule is CCc1ccc([C@H]2/C(=C(\O)c3ccc(OCC(C)C)c(C)c3)C(=O)C(=O)N2CCN(CC)CC)cc1. The molecular weight excluding hydrogens is 452 g/mol. The number of hydrogen-bond acceptors (Lipinski definition) is 5. The van der Waals surface area contributed by atoms with E-state index in [1.165, 1.54) is 5.56 Å². The fourth-order valence-corrected chi connectivity index (χ4v) is 4.55. The minimum absolute atomic E-state index is 0.138. The number of likely N-dealkylation sites (tertiary alicyclic amines) is 1. The van der Waals surface area contributed by atoms with Crippen LogP contribution in [0.1, 0.15) is 62.9 Å². The van der Waals surface area contributed by atoms with Crippen LogP contribution in [-0.4, -0.2) is 59.4 Å². The number of aliphatic hydroxyl groups is 1. The van der Waals surface area contributed by atoms with Gasteiger partial charge in [0.2, 0.25) is 0 Å². The van der Waals surface area contributed by atoms with E-state index < -0.39 is 17.7 Å². The topological polar surface area (TPSA) is 70.1 Å². The number of carbonyl (C=O) groups excluding carboxylic acids is 2. The van der Waals surface area contributed by atoms with Gasteiger partial charge in [0.15, 0.2) is 0 Å². The van der Waals surface area contributed by atoms with Crippen molar-refractivity contribution in [2.45, 2.75) is 54.0 Å². The van der Waals surface area contributed by atoms with Crippen LogP contribution in [-0.2, 0) is 16.0 Å². The molecule has 36 heavy (non-hydrogen) atoms. The van der Waals surface area contributed by atoms with E-state index in [4.69, 9.17) is 4.74 Å². The largest absolute Gasteiger partial charge is 0.507 e. The van der Waals surface area contributed by atoms with Gasteiger partial charge in [0.05, 0.1) is 18.2 Å². The van der Waals surface area contributed by atoms with Crippen molar-refractivity contribution >= 4 is 17.4 Å². The average molecular weight is 493 g/mol. The summed E-state index contributed by atoms with van der Waals surface area (Å²) in [6.45, 7) is 15.7. The molecular formula is C30H40N2O4. The lowest BCUT2D eigenvalue weighted by Gasteiger charge is -2.28. The Morgan fingerprint density at radius 2 is 1.72 bits per heavy atom. The maximum atomic E-state index is 13.3. The maximum Gasteiger partial charge on any atom is 0.295 e. The third-order valence-electron chi connectivity index (χ3n) is 6.82. The van der Waals surface area contributed by atoms with Crippen molar-refractivity contribution in [3.63, 3.8) is 0 Å². The van der Waals surface area contributed by atoms with Crippen LogP contribution in [0, 0.1) is 12.8 Å². The van der Waals surface area contributed by atoms with Gasteiger partial charge < -0.3 is 19.6 Å². The van der Waals surface area contributed by atoms with Crippen LogP contribution in [0.2, 0.25) is 0 Å². The standard InChI is InChI=1S/C30H40N2O4/c1-7-22-10-12-23(13-11-22)27-26(29(34)30(35)32(27)17-16-31(8-2)9-3)28(33)24-14-15-25(21(6)18-24)36-19-20(4)5/h10-15,18,20,27,33H,7-9,16-17,19H2,1-6H3/b28-26+/t27-/m0/s1. The lowest BCUT2D eigenvalue weighted by atomic mass is 9.94. The Morgan fingerprint density at radius 3 is 2.28 bits per heavy atom. The smallest absolute Gasteiger partial charge is 0.295 e. The minimum Gasteiger partial charge on any atom is -0.507 e. The van der Waals surface area contributed by atoms with Crippen molar-refractivity contribution in [3.05, 3.63) is 70.3 Å². The molecule has 1 saturated heterocycles. The van der Waals surface area contributed by atoms with Crippen molar-refractivity contribution < 1.29 is 19.4 Å². The monoisotopic (exact) mass is 492 g/mol. The van der Waals surface area contributed by atoms with Gasteiger partial charge in [-0.2, -0.15) is 0 Å². The van der Waals surface area contributed by atoms with Crippen LogP contribution in [0.5, 0.6) is 5.75 Å². The summed E-state index contributed by atoms with van der Waals surface area (Å²) in [5, 5.41) is 11.4. The van der Waals surface area contributed by atoms with Gasteiger partial charge >= 0.3 is 0 Å². The molecule has 1 amide bonds. The lowest BCUT2D eigenvalue weighted by molar-refractivity contribution is -0.140. The predicted molar refractivity (Wildman–Crippen MR) is 144 cm³/mol. The van der Waals surface area contributed by atoms with Gasteiger partial charge in [-0.25, -0.2) is 0 Å². The van der Waals surface area contributed by atoms with Crippen LogP contribution in [0.25, 0.3) is 5.76 Å². The number of rotatable bonds is 11. The van der Waals surface area contributed by atoms with Gasteiger partial charge in [-0.15, -0.1) is 0 Å². The first-order valence-electron chi connectivity index (χ1n) is 13.0. The Labute approximate surface area is 215 Å². The Kier molecular flexibility index (Phi) is 9.32. The fraction of sp³-hybridized carbons (Fsp3) is 0.467. The highest BCUT2D eigenvalue weighted by Crippen LogP contribution is 2.40. The molecule has 2 aromatic rings. The van der Waals surface area contributed by atoms with Gasteiger partial charge in [-0.3, -0.25) is 9.59 Å². The van der Waals surface area contributed by atoms with Crippen LogP contribution in [0.4, 0.5) is 0 Å². The van der Waals surface area contributed by atoms with E-state index in [0.29, 0.717) is 31.2 Å². The summed E-state index contributed by atoms with van der Waals surface area (Å²) in [7, 11) is 0. The molecule has 0 spiro atoms. The van der Waals surface area contributed by atoms with Crippen LogP contribution in [0.15, 0.2) is 48.0 Å². The molecule has 194 valence electrons. The van der Waals surface area contributed by atoms with E-state index in [-0.39, 0.29) is 11.3 Å². The molecule has 1 aliphatic rings. The van der Waals surface area contributed by atoms with Crippen molar-refractivity contribution in [2.75, 3.05) is 32.8 Å². The van der Waals surface area contributed by atoms with Crippen molar-refractivity contribution in [1.82, 2.24) is 9.80 Å². The van der Waals surface area contributed by atoms with Crippen molar-refractivity contribution in [1.29, 1.82) is 0 Å². The number of likely N-dealkylation sites (N-methyl/N-ethyl adjacent to an activating group) is 1. The van der Waals surface area contributed by atoms with Gasteiger partial charge in [-0.05, 0) is 67.2 Å². The zero-order valence-electron chi connectivity index (χ0n) is 22.5. The van der Waals surface area contributed by atoms with Crippen molar-refractivity contribution in [2.24, 2.45) is 5.92 Å². The molecule has 1 N–H and O–H groups in total. The normalized spacial score (nSPS) is 17.4. The number of ether oxygens (including phenoxy) is 1. The summed E-state index contributed by atoms with van der Waals surface area (Å²) in [6.07, 6.45) is 0.896. The number of aliphatic hydroxyl groups excluding tert-OH is 1.